The van der Waals surface area contributed by atoms with E-state index in [1.54, 1.807) is 6.07 Å². The molecule has 0 spiro atoms. The van der Waals surface area contributed by atoms with Gasteiger partial charge < -0.3 is 10.3 Å². The van der Waals surface area contributed by atoms with Crippen molar-refractivity contribution in [2.45, 2.75) is 12.8 Å². The van der Waals surface area contributed by atoms with Crippen LogP contribution in [0.4, 0.5) is 0 Å². The zero-order valence-corrected chi connectivity index (χ0v) is 10.7. The molecular weight excluding hydrogens is 248 g/mol. The normalized spacial score (nSPS) is 10.3. The fraction of sp³-hybridized carbons (Fsp3) is 0.214. The van der Waals surface area contributed by atoms with Crippen molar-refractivity contribution in [3.05, 3.63) is 58.9 Å². The number of rotatable bonds is 5. The number of benzene rings is 1. The monoisotopic (exact) mass is 262 g/mol. The lowest BCUT2D eigenvalue weighted by molar-refractivity contribution is -0.120. The maximum atomic E-state index is 11.7. The van der Waals surface area contributed by atoms with Gasteiger partial charge in [0.05, 0.1) is 6.42 Å². The second-order valence-corrected chi connectivity index (χ2v) is 4.56. The molecule has 0 unspecified atom stereocenters. The van der Waals surface area contributed by atoms with Gasteiger partial charge in [0.1, 0.15) is 0 Å². The van der Waals surface area contributed by atoms with Gasteiger partial charge in [-0.25, -0.2) is 0 Å². The summed E-state index contributed by atoms with van der Waals surface area (Å²) in [4.78, 5) is 14.7. The average molecular weight is 263 g/mol. The van der Waals surface area contributed by atoms with Crippen molar-refractivity contribution in [1.29, 1.82) is 0 Å². The Bertz CT molecular complexity index is 508. The van der Waals surface area contributed by atoms with Crippen LogP contribution in [-0.4, -0.2) is 17.4 Å². The zero-order valence-electron chi connectivity index (χ0n) is 9.95. The summed E-state index contributed by atoms with van der Waals surface area (Å²) in [6.07, 6.45) is 5.02. The first-order valence-corrected chi connectivity index (χ1v) is 6.24. The summed E-state index contributed by atoms with van der Waals surface area (Å²) in [5.74, 6) is 0.0211. The number of halogens is 1. The third-order valence-electron chi connectivity index (χ3n) is 2.65. The van der Waals surface area contributed by atoms with Gasteiger partial charge in [-0.1, -0.05) is 23.7 Å². The van der Waals surface area contributed by atoms with E-state index in [2.05, 4.69) is 10.3 Å². The molecule has 0 saturated carbocycles. The number of nitrogens with one attached hydrogen (secondary N) is 2. The average Bonchev–Trinajstić information content (AvgIpc) is 2.82. The molecule has 18 heavy (non-hydrogen) atoms. The molecule has 2 aromatic rings. The fourth-order valence-corrected chi connectivity index (χ4v) is 1.97. The van der Waals surface area contributed by atoms with E-state index in [9.17, 15) is 4.79 Å². The smallest absolute Gasteiger partial charge is 0.224 e. The molecule has 4 heteroatoms. The molecule has 3 nitrogen and oxygen atoms in total. The van der Waals surface area contributed by atoms with Gasteiger partial charge in [0.25, 0.3) is 0 Å². The van der Waals surface area contributed by atoms with Crippen molar-refractivity contribution < 1.29 is 4.79 Å². The van der Waals surface area contributed by atoms with Crippen LogP contribution >= 0.6 is 11.6 Å². The predicted octanol–water partition coefficient (Wildman–Crippen LogP) is 2.57. The second-order valence-electron chi connectivity index (χ2n) is 4.13. The molecule has 0 bridgehead atoms. The molecule has 2 N–H and O–H groups in total. The quantitative estimate of drug-likeness (QED) is 0.855. The molecular formula is C14H15ClN2O. The molecule has 0 radical (unpaired) electrons. The third kappa shape index (κ3) is 3.93. The maximum absolute atomic E-state index is 11.7. The van der Waals surface area contributed by atoms with Gasteiger partial charge >= 0.3 is 0 Å². The van der Waals surface area contributed by atoms with Gasteiger partial charge in [0.2, 0.25) is 5.91 Å². The van der Waals surface area contributed by atoms with Gasteiger partial charge in [-0.2, -0.15) is 0 Å². The number of hydrogen-bond donors (Lipinski definition) is 2. The molecule has 0 aliphatic heterocycles. The van der Waals surface area contributed by atoms with Crippen LogP contribution in [0.15, 0.2) is 42.7 Å². The van der Waals surface area contributed by atoms with Crippen molar-refractivity contribution in [2.75, 3.05) is 6.54 Å². The van der Waals surface area contributed by atoms with Crippen LogP contribution < -0.4 is 5.32 Å². The predicted molar refractivity (Wildman–Crippen MR) is 72.7 cm³/mol. The number of H-pyrrole nitrogens is 1. The second kappa shape index (κ2) is 6.26. The Balaban J connectivity index is 1.75. The molecule has 1 amide bonds. The molecule has 2 rings (SSSR count). The lowest BCUT2D eigenvalue weighted by atomic mass is 10.1. The number of aromatic nitrogens is 1. The minimum Gasteiger partial charge on any atom is -0.367 e. The van der Waals surface area contributed by atoms with Gasteiger partial charge in [-0.05, 0) is 35.7 Å². The summed E-state index contributed by atoms with van der Waals surface area (Å²) in [5, 5.41) is 3.55. The SMILES string of the molecule is O=C(Cc1cccc(Cl)c1)NCCc1cc[nH]c1. The third-order valence-corrected chi connectivity index (χ3v) is 2.89. The topological polar surface area (TPSA) is 44.9 Å². The van der Waals surface area contributed by atoms with E-state index >= 15 is 0 Å². The molecule has 0 aliphatic rings. The Kier molecular flexibility index (Phi) is 4.42. The minimum absolute atomic E-state index is 0.0211. The van der Waals surface area contributed by atoms with Gasteiger partial charge in [-0.3, -0.25) is 4.79 Å². The fourth-order valence-electron chi connectivity index (χ4n) is 1.75. The lowest BCUT2D eigenvalue weighted by Crippen LogP contribution is -2.27. The van der Waals surface area contributed by atoms with Crippen LogP contribution in [-0.2, 0) is 17.6 Å². The number of carbonyl (C=O) groups excluding carboxylic acids is 1. The van der Waals surface area contributed by atoms with Crippen LogP contribution in [0.5, 0.6) is 0 Å². The zero-order chi connectivity index (χ0) is 12.8. The van der Waals surface area contributed by atoms with Gasteiger partial charge in [0, 0.05) is 24.0 Å². The van der Waals surface area contributed by atoms with Crippen LogP contribution in [0.1, 0.15) is 11.1 Å². The number of carbonyl (C=O) groups is 1. The van der Waals surface area contributed by atoms with Crippen molar-refractivity contribution in [3.63, 3.8) is 0 Å². The highest BCUT2D eigenvalue weighted by Gasteiger charge is 2.03. The van der Waals surface area contributed by atoms with Gasteiger partial charge in [0.15, 0.2) is 0 Å². The molecule has 1 aromatic carbocycles. The first kappa shape index (κ1) is 12.7. The molecule has 0 fully saturated rings. The van der Waals surface area contributed by atoms with E-state index in [0.717, 1.165) is 12.0 Å². The molecule has 0 aliphatic carbocycles. The van der Waals surface area contributed by atoms with E-state index in [-0.39, 0.29) is 5.91 Å². The number of amides is 1. The van der Waals surface area contributed by atoms with E-state index in [4.69, 9.17) is 11.6 Å². The maximum Gasteiger partial charge on any atom is 0.224 e. The largest absolute Gasteiger partial charge is 0.367 e. The highest BCUT2D eigenvalue weighted by molar-refractivity contribution is 6.30. The van der Waals surface area contributed by atoms with E-state index in [1.807, 2.05) is 36.7 Å². The van der Waals surface area contributed by atoms with Crippen molar-refractivity contribution in [2.24, 2.45) is 0 Å². The summed E-state index contributed by atoms with van der Waals surface area (Å²) in [7, 11) is 0. The van der Waals surface area contributed by atoms with Crippen molar-refractivity contribution >= 4 is 17.5 Å². The Labute approximate surface area is 111 Å². The van der Waals surface area contributed by atoms with E-state index in [0.29, 0.717) is 18.0 Å². The summed E-state index contributed by atoms with van der Waals surface area (Å²) in [6.45, 7) is 0.650. The molecule has 1 aromatic heterocycles. The number of hydrogen-bond acceptors (Lipinski definition) is 1. The Morgan fingerprint density at radius 3 is 2.89 bits per heavy atom. The highest BCUT2D eigenvalue weighted by Crippen LogP contribution is 2.10. The van der Waals surface area contributed by atoms with Crippen LogP contribution in [0, 0.1) is 0 Å². The van der Waals surface area contributed by atoms with Crippen molar-refractivity contribution in [1.82, 2.24) is 10.3 Å². The Morgan fingerprint density at radius 1 is 1.28 bits per heavy atom. The number of aromatic amines is 1. The van der Waals surface area contributed by atoms with Crippen LogP contribution in [0.3, 0.4) is 0 Å². The first-order chi connectivity index (χ1) is 8.74. The van der Waals surface area contributed by atoms with Crippen LogP contribution in [0.25, 0.3) is 0 Å². The Hall–Kier alpha value is -1.74. The summed E-state index contributed by atoms with van der Waals surface area (Å²) in [5.41, 5.74) is 2.12. The molecule has 1 heterocycles. The first-order valence-electron chi connectivity index (χ1n) is 5.87. The summed E-state index contributed by atoms with van der Waals surface area (Å²) in [6, 6.07) is 9.37. The molecule has 94 valence electrons. The summed E-state index contributed by atoms with van der Waals surface area (Å²) < 4.78 is 0. The standard InChI is InChI=1S/C14H15ClN2O/c15-13-3-1-2-12(8-13)9-14(18)17-7-5-11-4-6-16-10-11/h1-4,6,8,10,16H,5,7,9H2,(H,17,18). The van der Waals surface area contributed by atoms with Gasteiger partial charge in [-0.15, -0.1) is 0 Å². The van der Waals surface area contributed by atoms with Crippen molar-refractivity contribution in [3.8, 4) is 0 Å². The Morgan fingerprint density at radius 2 is 2.17 bits per heavy atom. The van der Waals surface area contributed by atoms with E-state index in [1.165, 1.54) is 5.56 Å². The highest BCUT2D eigenvalue weighted by atomic mass is 35.5. The molecule has 0 saturated heterocycles. The lowest BCUT2D eigenvalue weighted by Gasteiger charge is -2.04. The summed E-state index contributed by atoms with van der Waals surface area (Å²) >= 11 is 5.87. The van der Waals surface area contributed by atoms with E-state index < -0.39 is 0 Å². The van der Waals surface area contributed by atoms with Crippen LogP contribution in [0.2, 0.25) is 5.02 Å². The minimum atomic E-state index is 0.0211. The molecule has 0 atom stereocenters.